The number of hydrogen-bond donors (Lipinski definition) is 1. The molecule has 0 atom stereocenters. The Hall–Kier alpha value is -3.46. The SMILES string of the molecule is C=C(Nc1cccc2cc(Cc3ccnc(C)n3)ccc12)c1ccccc1. The van der Waals surface area contributed by atoms with Crippen molar-refractivity contribution in [2.45, 2.75) is 13.3 Å². The zero-order chi connectivity index (χ0) is 18.6. The fourth-order valence-electron chi connectivity index (χ4n) is 3.24. The third-order valence-corrected chi connectivity index (χ3v) is 4.57. The molecule has 0 saturated carbocycles. The number of rotatable bonds is 5. The van der Waals surface area contributed by atoms with Crippen LogP contribution in [0.3, 0.4) is 0 Å². The number of nitrogens with zero attached hydrogens (tertiary/aromatic N) is 2. The topological polar surface area (TPSA) is 37.8 Å². The predicted octanol–water partition coefficient (Wildman–Crippen LogP) is 5.61. The van der Waals surface area contributed by atoms with E-state index in [1.807, 2.05) is 37.4 Å². The molecule has 0 aliphatic heterocycles. The van der Waals surface area contributed by atoms with E-state index in [4.69, 9.17) is 0 Å². The lowest BCUT2D eigenvalue weighted by Crippen LogP contribution is -1.98. The van der Waals surface area contributed by atoms with Crippen molar-refractivity contribution in [3.05, 3.63) is 108 Å². The van der Waals surface area contributed by atoms with Gasteiger partial charge in [-0.1, -0.05) is 67.2 Å². The molecule has 0 saturated heterocycles. The van der Waals surface area contributed by atoms with E-state index in [0.29, 0.717) is 0 Å². The standard InChI is InChI=1S/C24H21N3/c1-17(20-7-4-3-5-8-20)26-24-10-6-9-21-15-19(11-12-23(21)24)16-22-13-14-25-18(2)27-22/h3-15,26H,1,16H2,2H3. The molecule has 0 radical (unpaired) electrons. The molecule has 3 nitrogen and oxygen atoms in total. The molecular weight excluding hydrogens is 330 g/mol. The molecule has 0 bridgehead atoms. The molecule has 0 aliphatic carbocycles. The fourth-order valence-corrected chi connectivity index (χ4v) is 3.24. The molecule has 27 heavy (non-hydrogen) atoms. The molecular formula is C24H21N3. The van der Waals surface area contributed by atoms with E-state index in [2.05, 4.69) is 70.4 Å². The maximum Gasteiger partial charge on any atom is 0.125 e. The molecule has 0 aliphatic rings. The van der Waals surface area contributed by atoms with Gasteiger partial charge in [-0.15, -0.1) is 0 Å². The zero-order valence-corrected chi connectivity index (χ0v) is 15.3. The van der Waals surface area contributed by atoms with Crippen LogP contribution in [0.25, 0.3) is 16.5 Å². The number of nitrogens with one attached hydrogen (secondary N) is 1. The van der Waals surface area contributed by atoms with Gasteiger partial charge in [0.05, 0.1) is 0 Å². The molecule has 0 spiro atoms. The molecule has 3 heteroatoms. The van der Waals surface area contributed by atoms with Gasteiger partial charge >= 0.3 is 0 Å². The molecule has 4 aromatic rings. The second kappa shape index (κ2) is 7.42. The Labute approximate surface area is 159 Å². The van der Waals surface area contributed by atoms with Gasteiger partial charge in [0.1, 0.15) is 5.82 Å². The summed E-state index contributed by atoms with van der Waals surface area (Å²) in [4.78, 5) is 8.67. The average molecular weight is 351 g/mol. The Bertz CT molecular complexity index is 1100. The Morgan fingerprint density at radius 1 is 0.963 bits per heavy atom. The molecule has 0 fully saturated rings. The van der Waals surface area contributed by atoms with E-state index in [1.54, 1.807) is 0 Å². The summed E-state index contributed by atoms with van der Waals surface area (Å²) in [6.07, 6.45) is 2.61. The van der Waals surface area contributed by atoms with E-state index in [-0.39, 0.29) is 0 Å². The Kier molecular flexibility index (Phi) is 4.67. The van der Waals surface area contributed by atoms with Gasteiger partial charge in [0.2, 0.25) is 0 Å². The van der Waals surface area contributed by atoms with E-state index in [0.717, 1.165) is 34.9 Å². The first-order valence-electron chi connectivity index (χ1n) is 9.00. The lowest BCUT2D eigenvalue weighted by Gasteiger charge is -2.13. The van der Waals surface area contributed by atoms with E-state index in [1.165, 1.54) is 16.3 Å². The van der Waals surface area contributed by atoms with Gasteiger partial charge in [0.15, 0.2) is 0 Å². The number of aryl methyl sites for hydroxylation is 1. The second-order valence-corrected chi connectivity index (χ2v) is 6.60. The number of fused-ring (bicyclic) bond motifs is 1. The molecule has 0 unspecified atom stereocenters. The second-order valence-electron chi connectivity index (χ2n) is 6.60. The normalized spacial score (nSPS) is 10.7. The van der Waals surface area contributed by atoms with Gasteiger partial charge in [0, 0.05) is 35.1 Å². The number of anilines is 1. The van der Waals surface area contributed by atoms with Gasteiger partial charge < -0.3 is 5.32 Å². The van der Waals surface area contributed by atoms with Crippen LogP contribution in [-0.2, 0) is 6.42 Å². The van der Waals surface area contributed by atoms with Crippen molar-refractivity contribution in [2.75, 3.05) is 5.32 Å². The number of benzene rings is 3. The van der Waals surface area contributed by atoms with Crippen LogP contribution in [0.15, 0.2) is 85.6 Å². The summed E-state index contributed by atoms with van der Waals surface area (Å²) < 4.78 is 0. The van der Waals surface area contributed by atoms with E-state index in [9.17, 15) is 0 Å². The zero-order valence-electron chi connectivity index (χ0n) is 15.3. The van der Waals surface area contributed by atoms with Crippen LogP contribution in [0.4, 0.5) is 5.69 Å². The summed E-state index contributed by atoms with van der Waals surface area (Å²) in [6, 6.07) is 25.0. The van der Waals surface area contributed by atoms with Gasteiger partial charge in [-0.3, -0.25) is 0 Å². The summed E-state index contributed by atoms with van der Waals surface area (Å²) in [5.41, 5.74) is 5.31. The molecule has 1 heterocycles. The average Bonchev–Trinajstić information content (AvgIpc) is 2.69. The first-order valence-corrected chi connectivity index (χ1v) is 9.00. The van der Waals surface area contributed by atoms with Crippen LogP contribution in [0.5, 0.6) is 0 Å². The highest BCUT2D eigenvalue weighted by molar-refractivity contribution is 5.97. The first kappa shape index (κ1) is 17.0. The summed E-state index contributed by atoms with van der Waals surface area (Å²) in [5, 5.41) is 5.84. The van der Waals surface area contributed by atoms with E-state index >= 15 is 0 Å². The van der Waals surface area contributed by atoms with Crippen molar-refractivity contribution in [3.63, 3.8) is 0 Å². The molecule has 0 amide bonds. The van der Waals surface area contributed by atoms with E-state index < -0.39 is 0 Å². The van der Waals surface area contributed by atoms with Gasteiger partial charge in [-0.2, -0.15) is 0 Å². The quantitative estimate of drug-likeness (QED) is 0.508. The highest BCUT2D eigenvalue weighted by atomic mass is 14.9. The molecule has 132 valence electrons. The largest absolute Gasteiger partial charge is 0.355 e. The van der Waals surface area contributed by atoms with Crippen LogP contribution in [0.2, 0.25) is 0 Å². The highest BCUT2D eigenvalue weighted by Crippen LogP contribution is 2.27. The maximum absolute atomic E-state index is 4.50. The van der Waals surface area contributed by atoms with Crippen LogP contribution < -0.4 is 5.32 Å². The maximum atomic E-state index is 4.50. The Balaban J connectivity index is 1.61. The summed E-state index contributed by atoms with van der Waals surface area (Å²) in [6.45, 7) is 6.10. The third kappa shape index (κ3) is 3.87. The van der Waals surface area contributed by atoms with Crippen LogP contribution in [-0.4, -0.2) is 9.97 Å². The molecule has 3 aromatic carbocycles. The van der Waals surface area contributed by atoms with Crippen molar-refractivity contribution in [3.8, 4) is 0 Å². The Morgan fingerprint density at radius 2 is 1.81 bits per heavy atom. The van der Waals surface area contributed by atoms with Crippen molar-refractivity contribution >= 4 is 22.2 Å². The fraction of sp³-hybridized carbons (Fsp3) is 0.0833. The smallest absolute Gasteiger partial charge is 0.125 e. The summed E-state index contributed by atoms with van der Waals surface area (Å²) in [5.74, 6) is 0.805. The molecule has 4 rings (SSSR count). The monoisotopic (exact) mass is 351 g/mol. The van der Waals surface area contributed by atoms with Crippen LogP contribution in [0, 0.1) is 6.92 Å². The van der Waals surface area contributed by atoms with Crippen molar-refractivity contribution in [2.24, 2.45) is 0 Å². The van der Waals surface area contributed by atoms with Crippen LogP contribution in [0.1, 0.15) is 22.6 Å². The van der Waals surface area contributed by atoms with Crippen molar-refractivity contribution < 1.29 is 0 Å². The summed E-state index contributed by atoms with van der Waals surface area (Å²) in [7, 11) is 0. The lowest BCUT2D eigenvalue weighted by atomic mass is 10.0. The van der Waals surface area contributed by atoms with Crippen molar-refractivity contribution in [1.82, 2.24) is 9.97 Å². The first-order chi connectivity index (χ1) is 13.2. The number of aromatic nitrogens is 2. The molecule has 1 N–H and O–H groups in total. The minimum absolute atomic E-state index is 0.799. The van der Waals surface area contributed by atoms with Gasteiger partial charge in [-0.25, -0.2) is 9.97 Å². The highest BCUT2D eigenvalue weighted by Gasteiger charge is 2.06. The Morgan fingerprint density at radius 3 is 2.63 bits per heavy atom. The lowest BCUT2D eigenvalue weighted by molar-refractivity contribution is 0.969. The predicted molar refractivity (Wildman–Crippen MR) is 113 cm³/mol. The number of hydrogen-bond acceptors (Lipinski definition) is 3. The van der Waals surface area contributed by atoms with Crippen LogP contribution >= 0.6 is 0 Å². The molecule has 1 aromatic heterocycles. The minimum Gasteiger partial charge on any atom is -0.355 e. The summed E-state index contributed by atoms with van der Waals surface area (Å²) >= 11 is 0. The third-order valence-electron chi connectivity index (χ3n) is 4.57. The van der Waals surface area contributed by atoms with Gasteiger partial charge in [0.25, 0.3) is 0 Å². The van der Waals surface area contributed by atoms with Gasteiger partial charge in [-0.05, 0) is 35.6 Å². The van der Waals surface area contributed by atoms with Crippen molar-refractivity contribution in [1.29, 1.82) is 0 Å². The minimum atomic E-state index is 0.799.